The summed E-state index contributed by atoms with van der Waals surface area (Å²) in [5.74, 6) is 0. The molecule has 0 radical (unpaired) electrons. The molecule has 0 amide bonds. The van der Waals surface area contributed by atoms with Crippen molar-refractivity contribution >= 4 is 11.2 Å². The highest BCUT2D eigenvalue weighted by Crippen LogP contribution is 2.13. The summed E-state index contributed by atoms with van der Waals surface area (Å²) in [5.41, 5.74) is 0.618. The molecule has 122 valence electrons. The molecular formula is C16H26N4O2. The zero-order valence-electron chi connectivity index (χ0n) is 14.0. The lowest BCUT2D eigenvalue weighted by atomic mass is 10.3. The topological polar surface area (TPSA) is 61.8 Å². The number of fused-ring (bicyclic) bond motifs is 1. The Bertz CT molecular complexity index is 752. The Hall–Kier alpha value is -1.85. The second kappa shape index (κ2) is 6.94. The first-order valence-corrected chi connectivity index (χ1v) is 8.23. The lowest BCUT2D eigenvalue weighted by molar-refractivity contribution is 0.526. The minimum atomic E-state index is -0.228. The molecule has 0 aliphatic rings. The molecule has 2 heterocycles. The van der Waals surface area contributed by atoms with Crippen LogP contribution in [0.1, 0.15) is 59.4 Å². The number of hydrogen-bond acceptors (Lipinski definition) is 3. The van der Waals surface area contributed by atoms with Gasteiger partial charge in [-0.1, -0.05) is 26.7 Å². The third-order valence-corrected chi connectivity index (χ3v) is 3.97. The molecule has 0 unspecified atom stereocenters. The van der Waals surface area contributed by atoms with Gasteiger partial charge >= 0.3 is 5.69 Å². The van der Waals surface area contributed by atoms with Gasteiger partial charge in [-0.15, -0.1) is 0 Å². The maximum Gasteiger partial charge on any atom is 0.332 e. The molecule has 2 aromatic rings. The molecule has 0 spiro atoms. The lowest BCUT2D eigenvalue weighted by Crippen LogP contribution is -2.40. The second-order valence-electron chi connectivity index (χ2n) is 6.02. The summed E-state index contributed by atoms with van der Waals surface area (Å²) in [5, 5.41) is 0. The molecule has 0 aliphatic heterocycles. The van der Waals surface area contributed by atoms with Crippen LogP contribution in [0, 0.1) is 0 Å². The van der Waals surface area contributed by atoms with E-state index >= 15 is 0 Å². The lowest BCUT2D eigenvalue weighted by Gasteiger charge is -2.13. The zero-order valence-corrected chi connectivity index (χ0v) is 14.0. The van der Waals surface area contributed by atoms with Crippen molar-refractivity contribution in [2.45, 2.75) is 72.5 Å². The molecule has 2 aromatic heterocycles. The monoisotopic (exact) mass is 306 g/mol. The number of rotatable bonds is 7. The molecule has 0 N–H and O–H groups in total. The Morgan fingerprint density at radius 3 is 2.18 bits per heavy atom. The summed E-state index contributed by atoms with van der Waals surface area (Å²) in [6.45, 7) is 9.24. The Balaban J connectivity index is 2.75. The number of imidazole rings is 1. The first kappa shape index (κ1) is 16.5. The summed E-state index contributed by atoms with van der Waals surface area (Å²) < 4.78 is 4.90. The first-order chi connectivity index (χ1) is 10.5. The molecule has 0 aromatic carbocycles. The maximum atomic E-state index is 12.8. The van der Waals surface area contributed by atoms with Gasteiger partial charge in [0.25, 0.3) is 5.56 Å². The Labute approximate surface area is 130 Å². The number of unbranched alkanes of at least 4 members (excludes halogenated alkanes) is 2. The van der Waals surface area contributed by atoms with E-state index in [2.05, 4.69) is 18.8 Å². The van der Waals surface area contributed by atoms with E-state index in [1.165, 1.54) is 4.57 Å². The summed E-state index contributed by atoms with van der Waals surface area (Å²) in [6, 6.07) is 0.134. The van der Waals surface area contributed by atoms with E-state index in [0.717, 1.165) is 25.7 Å². The van der Waals surface area contributed by atoms with E-state index in [1.807, 2.05) is 18.4 Å². The van der Waals surface area contributed by atoms with Crippen molar-refractivity contribution < 1.29 is 0 Å². The zero-order chi connectivity index (χ0) is 16.3. The van der Waals surface area contributed by atoms with E-state index in [0.29, 0.717) is 24.3 Å². The van der Waals surface area contributed by atoms with E-state index in [-0.39, 0.29) is 17.3 Å². The third-order valence-electron chi connectivity index (χ3n) is 3.97. The van der Waals surface area contributed by atoms with Gasteiger partial charge in [-0.05, 0) is 26.7 Å². The quantitative estimate of drug-likeness (QED) is 0.789. The van der Waals surface area contributed by atoms with Crippen LogP contribution < -0.4 is 11.2 Å². The third kappa shape index (κ3) is 2.87. The predicted molar refractivity (Wildman–Crippen MR) is 88.5 cm³/mol. The van der Waals surface area contributed by atoms with Gasteiger partial charge in [-0.25, -0.2) is 9.78 Å². The summed E-state index contributed by atoms with van der Waals surface area (Å²) in [7, 11) is 0. The van der Waals surface area contributed by atoms with Crippen molar-refractivity contribution in [3.63, 3.8) is 0 Å². The average molecular weight is 306 g/mol. The van der Waals surface area contributed by atoms with Gasteiger partial charge in [0, 0.05) is 19.1 Å². The normalized spacial score (nSPS) is 11.7. The largest absolute Gasteiger partial charge is 0.332 e. The number of nitrogens with zero attached hydrogens (tertiary/aromatic N) is 4. The highest BCUT2D eigenvalue weighted by molar-refractivity contribution is 5.70. The van der Waals surface area contributed by atoms with E-state index in [4.69, 9.17) is 0 Å². The minimum Gasteiger partial charge on any atom is -0.322 e. The Morgan fingerprint density at radius 2 is 1.64 bits per heavy atom. The van der Waals surface area contributed by atoms with Crippen LogP contribution in [0.5, 0.6) is 0 Å². The highest BCUT2D eigenvalue weighted by Gasteiger charge is 2.18. The van der Waals surface area contributed by atoms with Crippen LogP contribution in [0.15, 0.2) is 15.9 Å². The molecule has 6 heteroatoms. The van der Waals surface area contributed by atoms with Crippen LogP contribution in [0.3, 0.4) is 0 Å². The fourth-order valence-electron chi connectivity index (χ4n) is 2.63. The van der Waals surface area contributed by atoms with Crippen molar-refractivity contribution in [1.82, 2.24) is 18.7 Å². The predicted octanol–water partition coefficient (Wildman–Crippen LogP) is 2.54. The fourth-order valence-corrected chi connectivity index (χ4v) is 2.63. The van der Waals surface area contributed by atoms with Crippen molar-refractivity contribution in [2.75, 3.05) is 0 Å². The molecule has 22 heavy (non-hydrogen) atoms. The van der Waals surface area contributed by atoms with Crippen LogP contribution >= 0.6 is 0 Å². The molecular weight excluding hydrogens is 280 g/mol. The standard InChI is InChI=1S/C16H26N4O2/c1-5-7-9-18-14-13(20(11-17-14)12(3)4)15(21)19(16(18)22)10-8-6-2/h11-12H,5-10H2,1-4H3. The number of hydrogen-bond donors (Lipinski definition) is 0. The van der Waals surface area contributed by atoms with Gasteiger partial charge in [-0.2, -0.15) is 0 Å². The molecule has 0 aliphatic carbocycles. The van der Waals surface area contributed by atoms with Gasteiger partial charge < -0.3 is 4.57 Å². The van der Waals surface area contributed by atoms with Crippen LogP contribution in [0.2, 0.25) is 0 Å². The van der Waals surface area contributed by atoms with E-state index in [1.54, 1.807) is 10.9 Å². The fraction of sp³-hybridized carbons (Fsp3) is 0.688. The minimum absolute atomic E-state index is 0.134. The summed E-state index contributed by atoms with van der Waals surface area (Å²) in [6.07, 6.45) is 5.33. The SMILES string of the molecule is CCCCn1c(=O)c2c(ncn2C(C)C)n(CCCC)c1=O. The number of aromatic nitrogens is 4. The van der Waals surface area contributed by atoms with Crippen LogP contribution in [0.4, 0.5) is 0 Å². The summed E-state index contributed by atoms with van der Waals surface area (Å²) in [4.78, 5) is 29.8. The summed E-state index contributed by atoms with van der Waals surface area (Å²) >= 11 is 0. The average Bonchev–Trinajstić information content (AvgIpc) is 2.92. The van der Waals surface area contributed by atoms with Gasteiger partial charge in [-0.3, -0.25) is 13.9 Å². The molecule has 0 saturated carbocycles. The van der Waals surface area contributed by atoms with Crippen LogP contribution in [-0.2, 0) is 13.1 Å². The van der Waals surface area contributed by atoms with Crippen molar-refractivity contribution in [3.05, 3.63) is 27.2 Å². The Morgan fingerprint density at radius 1 is 1.05 bits per heavy atom. The van der Waals surface area contributed by atoms with Crippen molar-refractivity contribution in [1.29, 1.82) is 0 Å². The number of aryl methyl sites for hydroxylation is 1. The smallest absolute Gasteiger partial charge is 0.322 e. The molecule has 0 atom stereocenters. The van der Waals surface area contributed by atoms with E-state index < -0.39 is 0 Å². The Kier molecular flexibility index (Phi) is 5.21. The second-order valence-corrected chi connectivity index (χ2v) is 6.02. The van der Waals surface area contributed by atoms with Gasteiger partial charge in [0.2, 0.25) is 0 Å². The van der Waals surface area contributed by atoms with E-state index in [9.17, 15) is 9.59 Å². The van der Waals surface area contributed by atoms with Gasteiger partial charge in [0.05, 0.1) is 6.33 Å². The molecule has 0 fully saturated rings. The van der Waals surface area contributed by atoms with Gasteiger partial charge in [0.15, 0.2) is 11.2 Å². The van der Waals surface area contributed by atoms with Crippen molar-refractivity contribution in [2.24, 2.45) is 0 Å². The van der Waals surface area contributed by atoms with Crippen molar-refractivity contribution in [3.8, 4) is 0 Å². The molecule has 6 nitrogen and oxygen atoms in total. The molecule has 2 rings (SSSR count). The highest BCUT2D eigenvalue weighted by atomic mass is 16.2. The molecule has 0 saturated heterocycles. The molecule has 0 bridgehead atoms. The van der Waals surface area contributed by atoms with Crippen LogP contribution in [0.25, 0.3) is 11.2 Å². The first-order valence-electron chi connectivity index (χ1n) is 8.23. The van der Waals surface area contributed by atoms with Gasteiger partial charge in [0.1, 0.15) is 0 Å². The maximum absolute atomic E-state index is 12.8. The van der Waals surface area contributed by atoms with Crippen LogP contribution in [-0.4, -0.2) is 18.7 Å².